The van der Waals surface area contributed by atoms with Gasteiger partial charge in [-0.15, -0.1) is 0 Å². The van der Waals surface area contributed by atoms with Crippen LogP contribution in [0.3, 0.4) is 0 Å². The van der Waals surface area contributed by atoms with Gasteiger partial charge in [-0.3, -0.25) is 9.59 Å². The molecule has 0 atom stereocenters. The molecule has 2 aromatic rings. The summed E-state index contributed by atoms with van der Waals surface area (Å²) in [5.74, 6) is 0.315. The zero-order valence-electron chi connectivity index (χ0n) is 18.7. The summed E-state index contributed by atoms with van der Waals surface area (Å²) in [6.45, 7) is 9.01. The van der Waals surface area contributed by atoms with Crippen molar-refractivity contribution in [3.05, 3.63) is 52.5 Å². The number of anilines is 1. The first-order valence-electron chi connectivity index (χ1n) is 10.6. The highest BCUT2D eigenvalue weighted by molar-refractivity contribution is 6.32. The number of rotatable bonds is 11. The van der Waals surface area contributed by atoms with E-state index >= 15 is 0 Å². The standard InChI is InChI=1S/C24H31ClN2O4/c1-5-12-27(16-22(28)26-20-11-9-8-10-17(20)4)24(29)18-14-19(25)23(31-13-6-2)21(15-18)30-7-3/h8-11,14-15H,5-7,12-13,16H2,1-4H3,(H,26,28). The van der Waals surface area contributed by atoms with E-state index in [1.165, 1.54) is 4.90 Å². The van der Waals surface area contributed by atoms with Gasteiger partial charge in [0.2, 0.25) is 5.91 Å². The van der Waals surface area contributed by atoms with E-state index in [0.717, 1.165) is 17.7 Å². The zero-order valence-corrected chi connectivity index (χ0v) is 19.4. The van der Waals surface area contributed by atoms with Crippen LogP contribution in [0.2, 0.25) is 5.02 Å². The fourth-order valence-electron chi connectivity index (χ4n) is 3.08. The van der Waals surface area contributed by atoms with Crippen molar-refractivity contribution in [2.75, 3.05) is 31.6 Å². The maximum Gasteiger partial charge on any atom is 0.254 e. The molecule has 2 rings (SSSR count). The lowest BCUT2D eigenvalue weighted by Crippen LogP contribution is -2.38. The third-order valence-corrected chi connectivity index (χ3v) is 4.82. The van der Waals surface area contributed by atoms with Gasteiger partial charge in [0, 0.05) is 17.8 Å². The molecule has 2 aromatic carbocycles. The van der Waals surface area contributed by atoms with Gasteiger partial charge in [-0.2, -0.15) is 0 Å². The smallest absolute Gasteiger partial charge is 0.254 e. The first-order chi connectivity index (χ1) is 14.9. The molecule has 0 unspecified atom stereocenters. The highest BCUT2D eigenvalue weighted by Crippen LogP contribution is 2.37. The molecule has 0 aliphatic heterocycles. The molecule has 0 bridgehead atoms. The van der Waals surface area contributed by atoms with E-state index in [0.29, 0.717) is 48.3 Å². The number of amides is 2. The van der Waals surface area contributed by atoms with Crippen LogP contribution in [-0.4, -0.2) is 43.0 Å². The molecule has 31 heavy (non-hydrogen) atoms. The average molecular weight is 447 g/mol. The number of carbonyl (C=O) groups is 2. The molecule has 6 nitrogen and oxygen atoms in total. The molecule has 0 aromatic heterocycles. The van der Waals surface area contributed by atoms with Crippen LogP contribution in [0, 0.1) is 6.92 Å². The molecule has 0 fully saturated rings. The van der Waals surface area contributed by atoms with Crippen molar-refractivity contribution in [2.45, 2.75) is 40.5 Å². The highest BCUT2D eigenvalue weighted by Gasteiger charge is 2.22. The van der Waals surface area contributed by atoms with Gasteiger partial charge < -0.3 is 19.7 Å². The fraction of sp³-hybridized carbons (Fsp3) is 0.417. The quantitative estimate of drug-likeness (QED) is 0.506. The molecule has 0 heterocycles. The Bertz CT molecular complexity index is 901. The van der Waals surface area contributed by atoms with Crippen LogP contribution < -0.4 is 14.8 Å². The summed E-state index contributed by atoms with van der Waals surface area (Å²) in [7, 11) is 0. The Balaban J connectivity index is 2.23. The predicted molar refractivity (Wildman–Crippen MR) is 124 cm³/mol. The number of carbonyl (C=O) groups excluding carboxylic acids is 2. The number of aryl methyl sites for hydroxylation is 1. The van der Waals surface area contributed by atoms with Gasteiger partial charge in [-0.1, -0.05) is 43.6 Å². The molecule has 0 saturated heterocycles. The molecule has 168 valence electrons. The van der Waals surface area contributed by atoms with Gasteiger partial charge in [0.05, 0.1) is 18.2 Å². The molecule has 0 aliphatic rings. The van der Waals surface area contributed by atoms with Crippen molar-refractivity contribution in [3.63, 3.8) is 0 Å². The lowest BCUT2D eigenvalue weighted by molar-refractivity contribution is -0.116. The first-order valence-corrected chi connectivity index (χ1v) is 11.0. The van der Waals surface area contributed by atoms with Gasteiger partial charge in [0.1, 0.15) is 6.54 Å². The number of halogens is 1. The number of para-hydroxylation sites is 1. The Hall–Kier alpha value is -2.73. The number of hydrogen-bond donors (Lipinski definition) is 1. The maximum atomic E-state index is 13.2. The topological polar surface area (TPSA) is 67.9 Å². The van der Waals surface area contributed by atoms with Crippen molar-refractivity contribution < 1.29 is 19.1 Å². The highest BCUT2D eigenvalue weighted by atomic mass is 35.5. The summed E-state index contributed by atoms with van der Waals surface area (Å²) < 4.78 is 11.4. The normalized spacial score (nSPS) is 10.5. The fourth-order valence-corrected chi connectivity index (χ4v) is 3.34. The summed E-state index contributed by atoms with van der Waals surface area (Å²) in [6.07, 6.45) is 1.54. The summed E-state index contributed by atoms with van der Waals surface area (Å²) in [5.41, 5.74) is 2.05. The number of nitrogens with one attached hydrogen (secondary N) is 1. The molecular formula is C24H31ClN2O4. The lowest BCUT2D eigenvalue weighted by atomic mass is 10.1. The summed E-state index contributed by atoms with van der Waals surface area (Å²) in [4.78, 5) is 27.3. The molecule has 0 spiro atoms. The Morgan fingerprint density at radius 1 is 1.06 bits per heavy atom. The minimum Gasteiger partial charge on any atom is -0.490 e. The van der Waals surface area contributed by atoms with Crippen LogP contribution in [0.1, 0.15) is 49.5 Å². The molecule has 7 heteroatoms. The molecular weight excluding hydrogens is 416 g/mol. The molecule has 2 amide bonds. The molecule has 0 aliphatic carbocycles. The molecule has 0 saturated carbocycles. The minimum atomic E-state index is -0.285. The monoisotopic (exact) mass is 446 g/mol. The number of hydrogen-bond acceptors (Lipinski definition) is 4. The van der Waals surface area contributed by atoms with E-state index in [-0.39, 0.29) is 18.4 Å². The van der Waals surface area contributed by atoms with E-state index < -0.39 is 0 Å². The lowest BCUT2D eigenvalue weighted by Gasteiger charge is -2.23. The van der Waals surface area contributed by atoms with Gasteiger partial charge in [0.25, 0.3) is 5.91 Å². The third kappa shape index (κ3) is 6.89. The Morgan fingerprint density at radius 3 is 2.45 bits per heavy atom. The van der Waals surface area contributed by atoms with Gasteiger partial charge in [-0.25, -0.2) is 0 Å². The predicted octanol–water partition coefficient (Wildman–Crippen LogP) is 5.33. The second-order valence-electron chi connectivity index (χ2n) is 7.16. The second-order valence-corrected chi connectivity index (χ2v) is 7.56. The van der Waals surface area contributed by atoms with Crippen molar-refractivity contribution in [1.82, 2.24) is 4.90 Å². The van der Waals surface area contributed by atoms with Crippen LogP contribution in [0.15, 0.2) is 36.4 Å². The average Bonchev–Trinajstić information content (AvgIpc) is 2.74. The summed E-state index contributed by atoms with van der Waals surface area (Å²) in [5, 5.41) is 3.19. The number of benzene rings is 2. The minimum absolute atomic E-state index is 0.0588. The largest absolute Gasteiger partial charge is 0.490 e. The van der Waals surface area contributed by atoms with Gasteiger partial charge >= 0.3 is 0 Å². The summed E-state index contributed by atoms with van der Waals surface area (Å²) >= 11 is 6.41. The van der Waals surface area contributed by atoms with Gasteiger partial charge in [0.15, 0.2) is 11.5 Å². The van der Waals surface area contributed by atoms with Crippen LogP contribution in [0.25, 0.3) is 0 Å². The van der Waals surface area contributed by atoms with Crippen molar-refractivity contribution in [2.24, 2.45) is 0 Å². The van der Waals surface area contributed by atoms with E-state index in [1.807, 2.05) is 52.0 Å². The van der Waals surface area contributed by atoms with E-state index in [2.05, 4.69) is 5.32 Å². The third-order valence-electron chi connectivity index (χ3n) is 4.54. The maximum absolute atomic E-state index is 13.2. The molecule has 1 N–H and O–H groups in total. The summed E-state index contributed by atoms with van der Waals surface area (Å²) in [6, 6.07) is 10.7. The van der Waals surface area contributed by atoms with Crippen LogP contribution in [-0.2, 0) is 4.79 Å². The Morgan fingerprint density at radius 2 is 1.81 bits per heavy atom. The van der Waals surface area contributed by atoms with Crippen molar-refractivity contribution in [3.8, 4) is 11.5 Å². The van der Waals surface area contributed by atoms with Crippen LogP contribution in [0.4, 0.5) is 5.69 Å². The van der Waals surface area contributed by atoms with Crippen LogP contribution >= 0.6 is 11.6 Å². The van der Waals surface area contributed by atoms with Crippen molar-refractivity contribution >= 4 is 29.1 Å². The Kier molecular flexibility index (Phi) is 9.66. The van der Waals surface area contributed by atoms with Crippen LogP contribution in [0.5, 0.6) is 11.5 Å². The van der Waals surface area contributed by atoms with E-state index in [4.69, 9.17) is 21.1 Å². The van der Waals surface area contributed by atoms with Gasteiger partial charge in [-0.05, 0) is 50.5 Å². The van der Waals surface area contributed by atoms with E-state index in [9.17, 15) is 9.59 Å². The van der Waals surface area contributed by atoms with E-state index in [1.54, 1.807) is 12.1 Å². The number of nitrogens with zero attached hydrogens (tertiary/aromatic N) is 1. The van der Waals surface area contributed by atoms with Crippen molar-refractivity contribution in [1.29, 1.82) is 0 Å². The first kappa shape index (κ1) is 24.5. The Labute approximate surface area is 189 Å². The molecule has 0 radical (unpaired) electrons. The SMILES string of the molecule is CCCOc1c(Cl)cc(C(=O)N(CCC)CC(=O)Nc2ccccc2C)cc1OCC. The number of ether oxygens (including phenoxy) is 2. The zero-order chi connectivity index (χ0) is 22.8. The second kappa shape index (κ2) is 12.2.